The summed E-state index contributed by atoms with van der Waals surface area (Å²) in [5.41, 5.74) is 0.924. The minimum atomic E-state index is -0.993. The second kappa shape index (κ2) is 9.59. The normalized spacial score (nSPS) is 15.2. The third-order valence-corrected chi connectivity index (χ3v) is 5.87. The first-order chi connectivity index (χ1) is 12.3. The van der Waals surface area contributed by atoms with Crippen molar-refractivity contribution in [3.05, 3.63) is 65.7 Å². The van der Waals surface area contributed by atoms with E-state index in [4.69, 9.17) is 0 Å². The van der Waals surface area contributed by atoms with E-state index in [-0.39, 0.29) is 5.92 Å². The molecular formula is C23H33NOS. The number of aliphatic hydroxyl groups is 1. The van der Waals surface area contributed by atoms with Gasteiger partial charge in [0, 0.05) is 17.4 Å². The Morgan fingerprint density at radius 1 is 0.923 bits per heavy atom. The number of hydrogen-bond donors (Lipinski definition) is 1. The van der Waals surface area contributed by atoms with E-state index < -0.39 is 5.60 Å². The van der Waals surface area contributed by atoms with E-state index in [0.29, 0.717) is 0 Å². The summed E-state index contributed by atoms with van der Waals surface area (Å²) >= 11 is 1.89. The summed E-state index contributed by atoms with van der Waals surface area (Å²) in [5.74, 6) is 1.94. The molecule has 2 nitrogen and oxygen atoms in total. The fraction of sp³-hybridized carbons (Fsp3) is 0.478. The minimum absolute atomic E-state index is 0.0688. The van der Waals surface area contributed by atoms with Gasteiger partial charge in [-0.25, -0.2) is 0 Å². The second-order valence-corrected chi connectivity index (χ2v) is 9.02. The molecule has 2 atom stereocenters. The molecule has 26 heavy (non-hydrogen) atoms. The van der Waals surface area contributed by atoms with Crippen LogP contribution in [0.5, 0.6) is 0 Å². The van der Waals surface area contributed by atoms with E-state index >= 15 is 0 Å². The molecule has 3 heteroatoms. The lowest BCUT2D eigenvalue weighted by Gasteiger charge is -2.37. The first-order valence-corrected chi connectivity index (χ1v) is 10.5. The highest BCUT2D eigenvalue weighted by molar-refractivity contribution is 7.99. The highest BCUT2D eigenvalue weighted by Gasteiger charge is 2.37. The molecule has 1 N–H and O–H groups in total. The van der Waals surface area contributed by atoms with Crippen LogP contribution in [-0.4, -0.2) is 36.4 Å². The lowest BCUT2D eigenvalue weighted by atomic mass is 9.76. The minimum Gasteiger partial charge on any atom is -0.380 e. The number of nitrogens with zero attached hydrogens (tertiary/aromatic N) is 1. The average Bonchev–Trinajstić information content (AvgIpc) is 2.61. The maximum atomic E-state index is 11.8. The lowest BCUT2D eigenvalue weighted by Crippen LogP contribution is -2.40. The fourth-order valence-corrected chi connectivity index (χ4v) is 4.48. The van der Waals surface area contributed by atoms with Gasteiger partial charge >= 0.3 is 0 Å². The van der Waals surface area contributed by atoms with Gasteiger partial charge < -0.3 is 10.0 Å². The third-order valence-electron chi connectivity index (χ3n) is 4.82. The lowest BCUT2D eigenvalue weighted by molar-refractivity contribution is 0.0134. The van der Waals surface area contributed by atoms with Gasteiger partial charge in [0.15, 0.2) is 0 Å². The molecule has 142 valence electrons. The van der Waals surface area contributed by atoms with Crippen LogP contribution < -0.4 is 0 Å². The molecule has 2 unspecified atom stereocenters. The summed E-state index contributed by atoms with van der Waals surface area (Å²) in [6.45, 7) is 7.46. The molecule has 2 rings (SSSR count). The van der Waals surface area contributed by atoms with Gasteiger partial charge in [-0.3, -0.25) is 0 Å². The van der Waals surface area contributed by atoms with Gasteiger partial charge in [0.2, 0.25) is 0 Å². The van der Waals surface area contributed by atoms with Crippen LogP contribution in [0.1, 0.15) is 38.3 Å². The molecule has 0 heterocycles. The van der Waals surface area contributed by atoms with Crippen molar-refractivity contribution in [2.45, 2.75) is 37.7 Å². The topological polar surface area (TPSA) is 23.5 Å². The zero-order valence-corrected chi connectivity index (χ0v) is 17.6. The number of thioether (sulfide) groups is 1. The smallest absolute Gasteiger partial charge is 0.118 e. The van der Waals surface area contributed by atoms with Crippen LogP contribution in [0.2, 0.25) is 0 Å². The molecule has 0 radical (unpaired) electrons. The Hall–Kier alpha value is -1.29. The van der Waals surface area contributed by atoms with Crippen LogP contribution in [0.15, 0.2) is 59.5 Å². The standard InChI is InChI=1S/C23H33NOS/c1-18(2)15-16-26-22-13-11-21(12-14-22)23(25,19(3)17-24(4)5)20-9-7-6-8-10-20/h6-14,18-19,25H,15-17H2,1-5H3. The van der Waals surface area contributed by atoms with Crippen LogP contribution in [0.25, 0.3) is 0 Å². The van der Waals surface area contributed by atoms with E-state index in [1.54, 1.807) is 0 Å². The first kappa shape index (κ1) is 21.0. The summed E-state index contributed by atoms with van der Waals surface area (Å²) in [5, 5.41) is 11.8. The second-order valence-electron chi connectivity index (χ2n) is 7.85. The van der Waals surface area contributed by atoms with Gasteiger partial charge in [-0.1, -0.05) is 63.2 Å². The Labute approximate surface area is 163 Å². The van der Waals surface area contributed by atoms with E-state index in [1.165, 1.54) is 11.3 Å². The molecule has 0 bridgehead atoms. The molecule has 2 aromatic rings. The number of rotatable bonds is 9. The molecule has 2 aromatic carbocycles. The largest absolute Gasteiger partial charge is 0.380 e. The van der Waals surface area contributed by atoms with Crippen LogP contribution >= 0.6 is 11.8 Å². The van der Waals surface area contributed by atoms with Gasteiger partial charge in [0.1, 0.15) is 5.60 Å². The average molecular weight is 372 g/mol. The molecule has 0 aliphatic carbocycles. The van der Waals surface area contributed by atoms with Crippen LogP contribution in [0.4, 0.5) is 0 Å². The SMILES string of the molecule is CC(C)CCSc1ccc(C(O)(c2ccccc2)C(C)CN(C)C)cc1. The Bertz CT molecular complexity index is 654. The molecule has 0 aromatic heterocycles. The maximum absolute atomic E-state index is 11.8. The van der Waals surface area contributed by atoms with Crippen molar-refractivity contribution in [2.24, 2.45) is 11.8 Å². The van der Waals surface area contributed by atoms with E-state index in [9.17, 15) is 5.11 Å². The number of hydrogen-bond acceptors (Lipinski definition) is 3. The van der Waals surface area contributed by atoms with Crippen molar-refractivity contribution >= 4 is 11.8 Å². The summed E-state index contributed by atoms with van der Waals surface area (Å²) in [6.07, 6.45) is 1.22. The van der Waals surface area contributed by atoms with Crippen LogP contribution in [0.3, 0.4) is 0 Å². The van der Waals surface area contributed by atoms with E-state index in [2.05, 4.69) is 64.0 Å². The molecule has 0 aliphatic heterocycles. The molecule has 0 amide bonds. The fourth-order valence-electron chi connectivity index (χ4n) is 3.33. The summed E-state index contributed by atoms with van der Waals surface area (Å²) < 4.78 is 0. The van der Waals surface area contributed by atoms with Crippen molar-refractivity contribution in [3.8, 4) is 0 Å². The zero-order chi connectivity index (χ0) is 19.2. The molecule has 0 saturated carbocycles. The Morgan fingerprint density at radius 3 is 2.04 bits per heavy atom. The van der Waals surface area contributed by atoms with Crippen LogP contribution in [0, 0.1) is 11.8 Å². The highest BCUT2D eigenvalue weighted by Crippen LogP contribution is 2.38. The van der Waals surface area contributed by atoms with Gasteiger partial charge in [-0.05, 0) is 55.4 Å². The van der Waals surface area contributed by atoms with Crippen molar-refractivity contribution in [1.29, 1.82) is 0 Å². The first-order valence-electron chi connectivity index (χ1n) is 9.50. The highest BCUT2D eigenvalue weighted by atomic mass is 32.2. The van der Waals surface area contributed by atoms with Crippen molar-refractivity contribution in [1.82, 2.24) is 4.90 Å². The van der Waals surface area contributed by atoms with Gasteiger partial charge in [0.25, 0.3) is 0 Å². The van der Waals surface area contributed by atoms with Crippen molar-refractivity contribution in [2.75, 3.05) is 26.4 Å². The predicted molar refractivity (Wildman–Crippen MR) is 114 cm³/mol. The Kier molecular flexibility index (Phi) is 7.75. The van der Waals surface area contributed by atoms with Gasteiger partial charge in [0.05, 0.1) is 0 Å². The Morgan fingerprint density at radius 2 is 1.50 bits per heavy atom. The molecular weight excluding hydrogens is 338 g/mol. The van der Waals surface area contributed by atoms with Crippen molar-refractivity contribution in [3.63, 3.8) is 0 Å². The quantitative estimate of drug-likeness (QED) is 0.608. The monoisotopic (exact) mass is 371 g/mol. The summed E-state index contributed by atoms with van der Waals surface area (Å²) in [7, 11) is 4.10. The third kappa shape index (κ3) is 5.35. The molecule has 0 spiro atoms. The molecule has 0 saturated heterocycles. The molecule has 0 aliphatic rings. The van der Waals surface area contributed by atoms with Crippen LogP contribution in [-0.2, 0) is 5.60 Å². The predicted octanol–water partition coefficient (Wildman–Crippen LogP) is 5.26. The summed E-state index contributed by atoms with van der Waals surface area (Å²) in [6, 6.07) is 18.5. The van der Waals surface area contributed by atoms with Crippen molar-refractivity contribution < 1.29 is 5.11 Å². The summed E-state index contributed by atoms with van der Waals surface area (Å²) in [4.78, 5) is 3.40. The zero-order valence-electron chi connectivity index (χ0n) is 16.8. The van der Waals surface area contributed by atoms with E-state index in [1.807, 2.05) is 42.1 Å². The molecule has 0 fully saturated rings. The van der Waals surface area contributed by atoms with E-state index in [0.717, 1.165) is 29.3 Å². The van der Waals surface area contributed by atoms with Gasteiger partial charge in [-0.2, -0.15) is 0 Å². The Balaban J connectivity index is 2.28. The van der Waals surface area contributed by atoms with Gasteiger partial charge in [-0.15, -0.1) is 11.8 Å². The number of benzene rings is 2. The maximum Gasteiger partial charge on any atom is 0.118 e.